The van der Waals surface area contributed by atoms with E-state index in [9.17, 15) is 0 Å². The Labute approximate surface area is 115 Å². The first-order valence-electron chi connectivity index (χ1n) is 6.85. The second-order valence-corrected chi connectivity index (χ2v) is 4.49. The van der Waals surface area contributed by atoms with Crippen LogP contribution in [0.3, 0.4) is 0 Å². The van der Waals surface area contributed by atoms with Gasteiger partial charge in [-0.25, -0.2) is 0 Å². The largest absolute Gasteiger partial charge is 0.120 e. The third-order valence-electron chi connectivity index (χ3n) is 2.92. The molecule has 0 nitrogen and oxygen atoms in total. The van der Waals surface area contributed by atoms with E-state index in [4.69, 9.17) is 6.42 Å². The average molecular weight is 215 g/mol. The minimum Gasteiger partial charge on any atom is -0.120 e. The molecule has 0 aliphatic rings. The smallest absolute Gasteiger partial charge is 0.00860 e. The molecule has 0 aromatic rings. The van der Waals surface area contributed by atoms with E-state index >= 15 is 0 Å². The van der Waals surface area contributed by atoms with Gasteiger partial charge in [-0.3, -0.25) is 0 Å². The Bertz CT molecular complexity index is 146. The van der Waals surface area contributed by atoms with Crippen LogP contribution < -0.4 is 0 Å². The van der Waals surface area contributed by atoms with Gasteiger partial charge in [0.25, 0.3) is 0 Å². The van der Waals surface area contributed by atoms with Gasteiger partial charge in [-0.1, -0.05) is 71.1 Å². The SMILES string of the molecule is C#CCCCCCCCCCCCCC.[Li]. The van der Waals surface area contributed by atoms with Crippen LogP contribution in [0, 0.1) is 12.3 Å². The minimum atomic E-state index is 0. The number of terminal acetylenes is 1. The fourth-order valence-corrected chi connectivity index (χ4v) is 1.89. The van der Waals surface area contributed by atoms with Crippen LogP contribution in [-0.4, -0.2) is 18.9 Å². The Kier molecular flexibility index (Phi) is 20.3. The first kappa shape index (κ1) is 18.5. The van der Waals surface area contributed by atoms with Crippen LogP contribution in [0.4, 0.5) is 0 Å². The van der Waals surface area contributed by atoms with Crippen LogP contribution >= 0.6 is 0 Å². The standard InChI is InChI=1S/C15H28.Li/c1-3-5-7-9-11-13-15-14-12-10-8-6-4-2;/h1H,4-15H2,2H3;. The summed E-state index contributed by atoms with van der Waals surface area (Å²) in [5, 5.41) is 0. The zero-order valence-corrected chi connectivity index (χ0v) is 11.6. The van der Waals surface area contributed by atoms with Crippen LogP contribution in [0.25, 0.3) is 0 Å². The van der Waals surface area contributed by atoms with E-state index in [2.05, 4.69) is 12.8 Å². The van der Waals surface area contributed by atoms with Crippen LogP contribution in [0.1, 0.15) is 84.0 Å². The molecule has 0 aromatic carbocycles. The van der Waals surface area contributed by atoms with Gasteiger partial charge in [0.2, 0.25) is 0 Å². The van der Waals surface area contributed by atoms with Crippen molar-refractivity contribution in [2.45, 2.75) is 84.0 Å². The molecule has 0 aliphatic carbocycles. The van der Waals surface area contributed by atoms with Crippen molar-refractivity contribution in [3.8, 4) is 12.3 Å². The molecule has 16 heavy (non-hydrogen) atoms. The Hall–Kier alpha value is 0.157. The number of hydrogen-bond acceptors (Lipinski definition) is 0. The molecule has 0 aromatic heterocycles. The van der Waals surface area contributed by atoms with Crippen molar-refractivity contribution in [2.24, 2.45) is 0 Å². The number of rotatable bonds is 11. The van der Waals surface area contributed by atoms with Crippen molar-refractivity contribution in [1.29, 1.82) is 0 Å². The van der Waals surface area contributed by atoms with Gasteiger partial charge in [0.05, 0.1) is 0 Å². The molecule has 0 fully saturated rings. The van der Waals surface area contributed by atoms with Gasteiger partial charge in [-0.05, 0) is 6.42 Å². The Morgan fingerprint density at radius 3 is 1.44 bits per heavy atom. The molecule has 0 saturated carbocycles. The average Bonchev–Trinajstić information content (AvgIpc) is 2.26. The van der Waals surface area contributed by atoms with Gasteiger partial charge < -0.3 is 0 Å². The fraction of sp³-hybridized carbons (Fsp3) is 0.867. The summed E-state index contributed by atoms with van der Waals surface area (Å²) >= 11 is 0. The maximum Gasteiger partial charge on any atom is 0.00860 e. The number of unbranched alkanes of at least 4 members (excludes halogenated alkanes) is 11. The Morgan fingerprint density at radius 1 is 0.688 bits per heavy atom. The normalized spacial score (nSPS) is 9.50. The van der Waals surface area contributed by atoms with Gasteiger partial charge in [0.15, 0.2) is 0 Å². The molecule has 0 N–H and O–H groups in total. The topological polar surface area (TPSA) is 0 Å². The predicted octanol–water partition coefficient (Wildman–Crippen LogP) is 4.94. The summed E-state index contributed by atoms with van der Waals surface area (Å²) in [6, 6.07) is 0. The summed E-state index contributed by atoms with van der Waals surface area (Å²) in [6.07, 6.45) is 21.5. The van der Waals surface area contributed by atoms with Crippen LogP contribution in [-0.2, 0) is 0 Å². The molecule has 0 spiro atoms. The summed E-state index contributed by atoms with van der Waals surface area (Å²) in [6.45, 7) is 2.27. The van der Waals surface area contributed by atoms with Gasteiger partial charge in [0.1, 0.15) is 0 Å². The summed E-state index contributed by atoms with van der Waals surface area (Å²) in [5.41, 5.74) is 0. The summed E-state index contributed by atoms with van der Waals surface area (Å²) in [5.74, 6) is 2.70. The van der Waals surface area contributed by atoms with E-state index in [0.29, 0.717) is 0 Å². The van der Waals surface area contributed by atoms with E-state index in [-0.39, 0.29) is 18.9 Å². The van der Waals surface area contributed by atoms with Crippen molar-refractivity contribution >= 4 is 18.9 Å². The second-order valence-electron chi connectivity index (χ2n) is 4.49. The van der Waals surface area contributed by atoms with E-state index in [1.807, 2.05) is 0 Å². The van der Waals surface area contributed by atoms with Crippen molar-refractivity contribution in [3.05, 3.63) is 0 Å². The maximum absolute atomic E-state index is 5.20. The van der Waals surface area contributed by atoms with Gasteiger partial charge >= 0.3 is 0 Å². The predicted molar refractivity (Wildman–Crippen MR) is 75.7 cm³/mol. The molecule has 89 valence electrons. The van der Waals surface area contributed by atoms with E-state index < -0.39 is 0 Å². The number of hydrogen-bond donors (Lipinski definition) is 0. The van der Waals surface area contributed by atoms with E-state index in [0.717, 1.165) is 6.42 Å². The van der Waals surface area contributed by atoms with Crippen molar-refractivity contribution in [2.75, 3.05) is 0 Å². The second kappa shape index (κ2) is 17.5. The van der Waals surface area contributed by atoms with Crippen molar-refractivity contribution in [1.82, 2.24) is 0 Å². The van der Waals surface area contributed by atoms with E-state index in [1.54, 1.807) is 0 Å². The molecule has 0 amide bonds. The van der Waals surface area contributed by atoms with Gasteiger partial charge in [-0.15, -0.1) is 12.3 Å². The zero-order chi connectivity index (χ0) is 11.2. The van der Waals surface area contributed by atoms with E-state index in [1.165, 1.54) is 70.6 Å². The van der Waals surface area contributed by atoms with Crippen molar-refractivity contribution < 1.29 is 0 Å². The van der Waals surface area contributed by atoms with Gasteiger partial charge in [-0.2, -0.15) is 0 Å². The van der Waals surface area contributed by atoms with Crippen molar-refractivity contribution in [3.63, 3.8) is 0 Å². The third-order valence-corrected chi connectivity index (χ3v) is 2.92. The quantitative estimate of drug-likeness (QED) is 0.260. The fourth-order valence-electron chi connectivity index (χ4n) is 1.89. The Morgan fingerprint density at radius 2 is 1.06 bits per heavy atom. The van der Waals surface area contributed by atoms with Crippen LogP contribution in [0.5, 0.6) is 0 Å². The molecular weight excluding hydrogens is 187 g/mol. The van der Waals surface area contributed by atoms with Crippen LogP contribution in [0.15, 0.2) is 0 Å². The first-order chi connectivity index (χ1) is 7.41. The van der Waals surface area contributed by atoms with Gasteiger partial charge in [0, 0.05) is 25.3 Å². The minimum absolute atomic E-state index is 0. The maximum atomic E-state index is 5.20. The molecular formula is C15H28Li. The molecule has 1 radical (unpaired) electrons. The molecule has 0 atom stereocenters. The monoisotopic (exact) mass is 215 g/mol. The molecule has 0 aliphatic heterocycles. The van der Waals surface area contributed by atoms with Crippen LogP contribution in [0.2, 0.25) is 0 Å². The molecule has 0 saturated heterocycles. The summed E-state index contributed by atoms with van der Waals surface area (Å²) < 4.78 is 0. The molecule has 0 bridgehead atoms. The zero-order valence-electron chi connectivity index (χ0n) is 11.6. The third kappa shape index (κ3) is 16.6. The molecule has 0 unspecified atom stereocenters. The first-order valence-corrected chi connectivity index (χ1v) is 6.85. The summed E-state index contributed by atoms with van der Waals surface area (Å²) in [7, 11) is 0. The Balaban J connectivity index is 0. The molecule has 0 heterocycles. The molecule has 0 rings (SSSR count). The summed E-state index contributed by atoms with van der Waals surface area (Å²) in [4.78, 5) is 0. The molecule has 1 heteroatoms.